The molecule has 1 aliphatic carbocycles. The van der Waals surface area contributed by atoms with Crippen LogP contribution in [0.5, 0.6) is 0 Å². The van der Waals surface area contributed by atoms with E-state index < -0.39 is 6.04 Å². The normalized spacial score (nSPS) is 19.9. The minimum atomic E-state index is -0.542. The zero-order valence-corrected chi connectivity index (χ0v) is 17.3. The predicted octanol–water partition coefficient (Wildman–Crippen LogP) is 3.90. The van der Waals surface area contributed by atoms with Crippen molar-refractivity contribution >= 4 is 11.8 Å². The maximum absolute atomic E-state index is 12.9. The molecule has 1 saturated carbocycles. The van der Waals surface area contributed by atoms with E-state index in [1.54, 1.807) is 0 Å². The molecular weight excluding hydrogens is 360 g/mol. The summed E-state index contributed by atoms with van der Waals surface area (Å²) in [7, 11) is 0. The van der Waals surface area contributed by atoms with Crippen LogP contribution in [0, 0.1) is 11.8 Å². The first-order chi connectivity index (χ1) is 14.1. The Hall–Kier alpha value is -2.62. The van der Waals surface area contributed by atoms with Gasteiger partial charge in [-0.25, -0.2) is 0 Å². The van der Waals surface area contributed by atoms with Crippen LogP contribution >= 0.6 is 0 Å². The van der Waals surface area contributed by atoms with Crippen molar-refractivity contribution in [3.8, 4) is 0 Å². The van der Waals surface area contributed by atoms with Gasteiger partial charge in [0.2, 0.25) is 11.8 Å². The number of rotatable bonds is 8. The van der Waals surface area contributed by atoms with E-state index in [1.807, 2.05) is 48.5 Å². The zero-order valence-electron chi connectivity index (χ0n) is 17.3. The molecule has 3 rings (SSSR count). The second-order valence-corrected chi connectivity index (χ2v) is 8.23. The fourth-order valence-electron chi connectivity index (χ4n) is 3.97. The van der Waals surface area contributed by atoms with Crippen LogP contribution in [0.2, 0.25) is 0 Å². The van der Waals surface area contributed by atoms with Crippen LogP contribution < -0.4 is 10.6 Å². The fraction of sp³-hybridized carbons (Fsp3) is 0.440. The quantitative estimate of drug-likeness (QED) is 0.716. The lowest BCUT2D eigenvalue weighted by Gasteiger charge is -2.27. The highest BCUT2D eigenvalue weighted by Gasteiger charge is 2.28. The van der Waals surface area contributed by atoms with Crippen LogP contribution in [0.1, 0.15) is 43.7 Å². The molecule has 4 heteroatoms. The van der Waals surface area contributed by atoms with E-state index in [4.69, 9.17) is 0 Å². The van der Waals surface area contributed by atoms with E-state index in [9.17, 15) is 9.59 Å². The van der Waals surface area contributed by atoms with Gasteiger partial charge in [-0.3, -0.25) is 9.59 Å². The Bertz CT molecular complexity index is 768. The first-order valence-electron chi connectivity index (χ1n) is 10.8. The molecule has 0 bridgehead atoms. The molecular formula is C25H32N2O2. The second-order valence-electron chi connectivity index (χ2n) is 8.23. The molecule has 0 heterocycles. The molecule has 29 heavy (non-hydrogen) atoms. The molecule has 2 aromatic carbocycles. The topological polar surface area (TPSA) is 58.2 Å². The van der Waals surface area contributed by atoms with E-state index >= 15 is 0 Å². The Labute approximate surface area is 174 Å². The summed E-state index contributed by atoms with van der Waals surface area (Å²) in [6.07, 6.45) is 5.29. The number of benzene rings is 2. The molecule has 154 valence electrons. The van der Waals surface area contributed by atoms with Crippen molar-refractivity contribution in [3.05, 3.63) is 71.8 Å². The minimum Gasteiger partial charge on any atom is -0.354 e. The van der Waals surface area contributed by atoms with Crippen molar-refractivity contribution in [2.75, 3.05) is 6.54 Å². The third kappa shape index (κ3) is 6.74. The number of hydrogen-bond donors (Lipinski definition) is 2. The molecule has 1 aliphatic rings. The van der Waals surface area contributed by atoms with Crippen molar-refractivity contribution in [1.82, 2.24) is 10.6 Å². The van der Waals surface area contributed by atoms with Crippen molar-refractivity contribution in [2.45, 2.75) is 51.5 Å². The standard InChI is InChI=1S/C25H32N2O2/c1-19-12-14-22(15-13-19)24(28)27-23(18-21-10-6-3-7-11-21)25(29)26-17-16-20-8-4-2-5-9-20/h2-11,19,22-23H,12-18H2,1H3,(H,26,29)(H,27,28)/t19?,22?,23-/m1/s1. The van der Waals surface area contributed by atoms with E-state index in [-0.39, 0.29) is 17.7 Å². The third-order valence-electron chi connectivity index (χ3n) is 5.86. The Morgan fingerprint density at radius 1 is 0.897 bits per heavy atom. The minimum absolute atomic E-state index is 0.0241. The Morgan fingerprint density at radius 3 is 2.10 bits per heavy atom. The lowest BCUT2D eigenvalue weighted by molar-refractivity contribution is -0.131. The number of amides is 2. The Balaban J connectivity index is 1.59. The summed E-state index contributed by atoms with van der Waals surface area (Å²) in [5.74, 6) is 0.639. The predicted molar refractivity (Wildman–Crippen MR) is 116 cm³/mol. The second kappa shape index (κ2) is 10.8. The molecule has 0 saturated heterocycles. The van der Waals surface area contributed by atoms with Crippen molar-refractivity contribution in [2.24, 2.45) is 11.8 Å². The molecule has 0 spiro atoms. The summed E-state index contributed by atoms with van der Waals surface area (Å²) >= 11 is 0. The van der Waals surface area contributed by atoms with Gasteiger partial charge in [-0.05, 0) is 49.1 Å². The smallest absolute Gasteiger partial charge is 0.242 e. The number of hydrogen-bond acceptors (Lipinski definition) is 2. The molecule has 0 radical (unpaired) electrons. The first-order valence-corrected chi connectivity index (χ1v) is 10.8. The highest BCUT2D eigenvalue weighted by atomic mass is 16.2. The van der Waals surface area contributed by atoms with Gasteiger partial charge < -0.3 is 10.6 Å². The van der Waals surface area contributed by atoms with Gasteiger partial charge in [-0.1, -0.05) is 67.6 Å². The van der Waals surface area contributed by atoms with Crippen LogP contribution in [0.15, 0.2) is 60.7 Å². The van der Waals surface area contributed by atoms with Crippen LogP contribution in [0.4, 0.5) is 0 Å². The lowest BCUT2D eigenvalue weighted by atomic mass is 9.82. The average Bonchev–Trinajstić information content (AvgIpc) is 2.75. The third-order valence-corrected chi connectivity index (χ3v) is 5.86. The molecule has 0 unspecified atom stereocenters. The summed E-state index contributed by atoms with van der Waals surface area (Å²) in [5.41, 5.74) is 2.24. The van der Waals surface area contributed by atoms with Gasteiger partial charge in [-0.2, -0.15) is 0 Å². The van der Waals surface area contributed by atoms with E-state index in [0.717, 1.165) is 37.7 Å². The summed E-state index contributed by atoms with van der Waals surface area (Å²) in [5, 5.41) is 6.06. The highest BCUT2D eigenvalue weighted by molar-refractivity contribution is 5.88. The van der Waals surface area contributed by atoms with Gasteiger partial charge in [0, 0.05) is 18.9 Å². The van der Waals surface area contributed by atoms with E-state index in [0.29, 0.717) is 18.9 Å². The van der Waals surface area contributed by atoms with Gasteiger partial charge in [0.05, 0.1) is 0 Å². The van der Waals surface area contributed by atoms with Gasteiger partial charge in [-0.15, -0.1) is 0 Å². The summed E-state index contributed by atoms with van der Waals surface area (Å²) in [4.78, 5) is 25.7. The van der Waals surface area contributed by atoms with Crippen molar-refractivity contribution in [3.63, 3.8) is 0 Å². The van der Waals surface area contributed by atoms with Gasteiger partial charge in [0.1, 0.15) is 6.04 Å². The molecule has 2 N–H and O–H groups in total. The van der Waals surface area contributed by atoms with E-state index in [1.165, 1.54) is 5.56 Å². The Kier molecular flexibility index (Phi) is 7.85. The van der Waals surface area contributed by atoms with Crippen LogP contribution in [0.25, 0.3) is 0 Å². The molecule has 0 aliphatic heterocycles. The van der Waals surface area contributed by atoms with Gasteiger partial charge >= 0.3 is 0 Å². The highest BCUT2D eigenvalue weighted by Crippen LogP contribution is 2.28. The lowest BCUT2D eigenvalue weighted by Crippen LogP contribution is -2.50. The summed E-state index contributed by atoms with van der Waals surface area (Å²) in [6, 6.07) is 19.4. The molecule has 2 aromatic rings. The summed E-state index contributed by atoms with van der Waals surface area (Å²) < 4.78 is 0. The maximum atomic E-state index is 12.9. The van der Waals surface area contributed by atoms with Crippen LogP contribution in [-0.2, 0) is 22.4 Å². The molecule has 1 fully saturated rings. The van der Waals surface area contributed by atoms with Crippen LogP contribution in [0.3, 0.4) is 0 Å². The van der Waals surface area contributed by atoms with E-state index in [2.05, 4.69) is 29.7 Å². The zero-order chi connectivity index (χ0) is 20.5. The monoisotopic (exact) mass is 392 g/mol. The Morgan fingerprint density at radius 2 is 1.48 bits per heavy atom. The number of nitrogens with one attached hydrogen (secondary N) is 2. The van der Waals surface area contributed by atoms with Crippen molar-refractivity contribution in [1.29, 1.82) is 0 Å². The number of carbonyl (C=O) groups excluding carboxylic acids is 2. The SMILES string of the molecule is CC1CCC(C(=O)N[C@H](Cc2ccccc2)C(=O)NCCc2ccccc2)CC1. The number of carbonyl (C=O) groups is 2. The largest absolute Gasteiger partial charge is 0.354 e. The average molecular weight is 393 g/mol. The van der Waals surface area contributed by atoms with Gasteiger partial charge in [0.25, 0.3) is 0 Å². The molecule has 1 atom stereocenters. The maximum Gasteiger partial charge on any atom is 0.242 e. The van der Waals surface area contributed by atoms with Crippen molar-refractivity contribution < 1.29 is 9.59 Å². The first kappa shape index (κ1) is 21.1. The summed E-state index contributed by atoms with van der Waals surface area (Å²) in [6.45, 7) is 2.80. The van der Waals surface area contributed by atoms with Crippen LogP contribution in [-0.4, -0.2) is 24.4 Å². The molecule has 0 aromatic heterocycles. The fourth-order valence-corrected chi connectivity index (χ4v) is 3.97. The molecule has 4 nitrogen and oxygen atoms in total. The van der Waals surface area contributed by atoms with Gasteiger partial charge in [0.15, 0.2) is 0 Å². The molecule has 2 amide bonds.